The Balaban J connectivity index is 1.94. The summed E-state index contributed by atoms with van der Waals surface area (Å²) in [6, 6.07) is 4.04. The Bertz CT molecular complexity index is 446. The fraction of sp³-hybridized carbons (Fsp3) is 0.533. The number of rotatable bonds is 3. The van der Waals surface area contributed by atoms with Crippen LogP contribution in [0.3, 0.4) is 0 Å². The molecule has 1 aliphatic rings. The first-order chi connectivity index (χ1) is 9.06. The molecule has 104 valence electrons. The smallest absolute Gasteiger partial charge is 0.224 e. The van der Waals surface area contributed by atoms with Crippen molar-refractivity contribution in [2.24, 2.45) is 5.92 Å². The van der Waals surface area contributed by atoms with Gasteiger partial charge in [-0.1, -0.05) is 15.9 Å². The largest absolute Gasteiger partial charge is 0.326 e. The van der Waals surface area contributed by atoms with Crippen molar-refractivity contribution < 1.29 is 4.79 Å². The standard InChI is InChI=1S/C15H20BrNOS/c1-10-7-13(8-11(2)15(10)16)17-14(18)9-12-3-5-19-6-4-12/h7-8,12H,3-6,9H2,1-2H3,(H,17,18). The summed E-state index contributed by atoms with van der Waals surface area (Å²) in [5, 5.41) is 3.03. The van der Waals surface area contributed by atoms with Gasteiger partial charge in [-0.05, 0) is 67.4 Å². The third-order valence-electron chi connectivity index (χ3n) is 3.54. The zero-order valence-electron chi connectivity index (χ0n) is 11.5. The summed E-state index contributed by atoms with van der Waals surface area (Å²) in [5.74, 6) is 3.13. The number of benzene rings is 1. The molecule has 2 nitrogen and oxygen atoms in total. The topological polar surface area (TPSA) is 29.1 Å². The van der Waals surface area contributed by atoms with Crippen LogP contribution in [-0.4, -0.2) is 17.4 Å². The highest BCUT2D eigenvalue weighted by molar-refractivity contribution is 9.10. The summed E-state index contributed by atoms with van der Waals surface area (Å²) >= 11 is 5.54. The fourth-order valence-corrected chi connectivity index (χ4v) is 3.88. The highest BCUT2D eigenvalue weighted by atomic mass is 79.9. The summed E-state index contributed by atoms with van der Waals surface area (Å²) in [4.78, 5) is 12.1. The van der Waals surface area contributed by atoms with E-state index in [0.717, 1.165) is 21.3 Å². The molecule has 1 aromatic carbocycles. The SMILES string of the molecule is Cc1cc(NC(=O)CC2CCSCC2)cc(C)c1Br. The molecular weight excluding hydrogens is 322 g/mol. The van der Waals surface area contributed by atoms with Gasteiger partial charge in [-0.15, -0.1) is 0 Å². The second-order valence-electron chi connectivity index (χ2n) is 5.23. The van der Waals surface area contributed by atoms with Crippen molar-refractivity contribution in [3.63, 3.8) is 0 Å². The predicted molar refractivity (Wildman–Crippen MR) is 86.9 cm³/mol. The average Bonchev–Trinajstić information content (AvgIpc) is 2.37. The Kier molecular flexibility index (Phi) is 5.34. The molecule has 1 aliphatic heterocycles. The average molecular weight is 342 g/mol. The van der Waals surface area contributed by atoms with E-state index in [2.05, 4.69) is 21.2 Å². The number of hydrogen-bond donors (Lipinski definition) is 1. The Morgan fingerprint density at radius 1 is 1.32 bits per heavy atom. The molecule has 19 heavy (non-hydrogen) atoms. The van der Waals surface area contributed by atoms with Gasteiger partial charge in [0.25, 0.3) is 0 Å². The Morgan fingerprint density at radius 3 is 2.47 bits per heavy atom. The molecule has 0 aromatic heterocycles. The highest BCUT2D eigenvalue weighted by Gasteiger charge is 2.17. The van der Waals surface area contributed by atoms with Crippen LogP contribution in [0.4, 0.5) is 5.69 Å². The molecule has 0 aliphatic carbocycles. The summed E-state index contributed by atoms with van der Waals surface area (Å²) in [6.45, 7) is 4.09. The number of thioether (sulfide) groups is 1. The number of nitrogens with one attached hydrogen (secondary N) is 1. The second-order valence-corrected chi connectivity index (χ2v) is 7.25. The number of anilines is 1. The van der Waals surface area contributed by atoms with Crippen LogP contribution in [-0.2, 0) is 4.79 Å². The Labute approximate surface area is 127 Å². The number of carbonyl (C=O) groups is 1. The van der Waals surface area contributed by atoms with Crippen LogP contribution >= 0.6 is 27.7 Å². The molecule has 1 amide bonds. The predicted octanol–water partition coefficient (Wildman–Crippen LogP) is 4.54. The van der Waals surface area contributed by atoms with Gasteiger partial charge in [0.15, 0.2) is 0 Å². The molecule has 0 bridgehead atoms. The highest BCUT2D eigenvalue weighted by Crippen LogP contribution is 2.27. The number of amides is 1. The van der Waals surface area contributed by atoms with Crippen LogP contribution in [0.5, 0.6) is 0 Å². The summed E-state index contributed by atoms with van der Waals surface area (Å²) in [5.41, 5.74) is 3.22. The molecule has 0 spiro atoms. The van der Waals surface area contributed by atoms with Crippen LogP contribution in [0.25, 0.3) is 0 Å². The maximum Gasteiger partial charge on any atom is 0.224 e. The van der Waals surface area contributed by atoms with E-state index in [1.54, 1.807) is 0 Å². The monoisotopic (exact) mass is 341 g/mol. The van der Waals surface area contributed by atoms with Crippen LogP contribution in [0, 0.1) is 19.8 Å². The number of aryl methyl sites for hydroxylation is 2. The Morgan fingerprint density at radius 2 is 1.89 bits per heavy atom. The van der Waals surface area contributed by atoms with Crippen molar-refractivity contribution in [1.82, 2.24) is 0 Å². The lowest BCUT2D eigenvalue weighted by Gasteiger charge is -2.20. The van der Waals surface area contributed by atoms with Crippen LogP contribution in [0.2, 0.25) is 0 Å². The lowest BCUT2D eigenvalue weighted by Crippen LogP contribution is -2.19. The van der Waals surface area contributed by atoms with E-state index in [-0.39, 0.29) is 5.91 Å². The van der Waals surface area contributed by atoms with Crippen LogP contribution in [0.1, 0.15) is 30.4 Å². The molecule has 2 rings (SSSR count). The number of carbonyl (C=O) groups excluding carboxylic acids is 1. The van der Waals surface area contributed by atoms with Crippen LogP contribution < -0.4 is 5.32 Å². The molecule has 4 heteroatoms. The van der Waals surface area contributed by atoms with Gasteiger partial charge in [0.1, 0.15) is 0 Å². The van der Waals surface area contributed by atoms with Crippen molar-refractivity contribution in [2.75, 3.05) is 16.8 Å². The molecule has 0 radical (unpaired) electrons. The molecule has 1 saturated heterocycles. The molecule has 1 heterocycles. The molecular formula is C15H20BrNOS. The zero-order valence-corrected chi connectivity index (χ0v) is 13.9. The number of halogens is 1. The van der Waals surface area contributed by atoms with Crippen LogP contribution in [0.15, 0.2) is 16.6 Å². The summed E-state index contributed by atoms with van der Waals surface area (Å²) in [7, 11) is 0. The van der Waals surface area contributed by atoms with E-state index >= 15 is 0 Å². The van der Waals surface area contributed by atoms with Gasteiger partial charge in [0, 0.05) is 16.6 Å². The molecule has 1 aromatic rings. The van der Waals surface area contributed by atoms with E-state index in [0.29, 0.717) is 12.3 Å². The van der Waals surface area contributed by atoms with E-state index in [1.807, 2.05) is 37.7 Å². The van der Waals surface area contributed by atoms with E-state index in [4.69, 9.17) is 0 Å². The van der Waals surface area contributed by atoms with Gasteiger partial charge in [0.05, 0.1) is 0 Å². The first-order valence-electron chi connectivity index (χ1n) is 6.70. The van der Waals surface area contributed by atoms with Gasteiger partial charge >= 0.3 is 0 Å². The maximum atomic E-state index is 12.1. The zero-order chi connectivity index (χ0) is 13.8. The fourth-order valence-electron chi connectivity index (χ4n) is 2.44. The minimum absolute atomic E-state index is 0.151. The van der Waals surface area contributed by atoms with Gasteiger partial charge in [-0.3, -0.25) is 4.79 Å². The van der Waals surface area contributed by atoms with E-state index in [1.165, 1.54) is 24.3 Å². The van der Waals surface area contributed by atoms with E-state index in [9.17, 15) is 4.79 Å². The maximum absolute atomic E-state index is 12.1. The van der Waals surface area contributed by atoms with Crippen molar-refractivity contribution >= 4 is 39.3 Å². The molecule has 0 atom stereocenters. The molecule has 0 saturated carbocycles. The third kappa shape index (κ3) is 4.25. The van der Waals surface area contributed by atoms with Gasteiger partial charge in [-0.25, -0.2) is 0 Å². The lowest BCUT2D eigenvalue weighted by molar-refractivity contribution is -0.117. The first kappa shape index (κ1) is 14.9. The Hall–Kier alpha value is -0.480. The molecule has 1 fully saturated rings. The van der Waals surface area contributed by atoms with Crippen molar-refractivity contribution in [3.8, 4) is 0 Å². The second kappa shape index (κ2) is 6.80. The quantitative estimate of drug-likeness (QED) is 0.874. The van der Waals surface area contributed by atoms with Gasteiger partial charge in [-0.2, -0.15) is 11.8 Å². The summed E-state index contributed by atoms with van der Waals surface area (Å²) in [6.07, 6.45) is 3.02. The van der Waals surface area contributed by atoms with Gasteiger partial charge < -0.3 is 5.32 Å². The van der Waals surface area contributed by atoms with Gasteiger partial charge in [0.2, 0.25) is 5.91 Å². The normalized spacial score (nSPS) is 16.4. The third-order valence-corrected chi connectivity index (χ3v) is 5.83. The lowest BCUT2D eigenvalue weighted by atomic mass is 9.98. The number of hydrogen-bond acceptors (Lipinski definition) is 2. The minimum Gasteiger partial charge on any atom is -0.326 e. The minimum atomic E-state index is 0.151. The first-order valence-corrected chi connectivity index (χ1v) is 8.65. The molecule has 0 unspecified atom stereocenters. The van der Waals surface area contributed by atoms with Crippen molar-refractivity contribution in [1.29, 1.82) is 0 Å². The van der Waals surface area contributed by atoms with Crippen molar-refractivity contribution in [2.45, 2.75) is 33.1 Å². The van der Waals surface area contributed by atoms with Crippen molar-refractivity contribution in [3.05, 3.63) is 27.7 Å². The summed E-state index contributed by atoms with van der Waals surface area (Å²) < 4.78 is 1.12. The van der Waals surface area contributed by atoms with E-state index < -0.39 is 0 Å². The molecule has 1 N–H and O–H groups in total.